The Balaban J connectivity index is 2.12. The third-order valence-corrected chi connectivity index (χ3v) is 2.93. The van der Waals surface area contributed by atoms with E-state index < -0.39 is 0 Å². The monoisotopic (exact) mass is 245 g/mol. The van der Waals surface area contributed by atoms with E-state index in [2.05, 4.69) is 16.8 Å². The Morgan fingerprint density at radius 3 is 2.72 bits per heavy atom. The third kappa shape index (κ3) is 2.90. The lowest BCUT2D eigenvalue weighted by Gasteiger charge is -2.21. The van der Waals surface area contributed by atoms with Gasteiger partial charge in [-0.1, -0.05) is 6.07 Å². The highest BCUT2D eigenvalue weighted by Gasteiger charge is 2.09. The molecule has 0 spiro atoms. The molecule has 2 aromatic heterocycles. The van der Waals surface area contributed by atoms with Gasteiger partial charge < -0.3 is 15.1 Å². The average Bonchev–Trinajstić information content (AvgIpc) is 2.89. The van der Waals surface area contributed by atoms with Crippen LogP contribution in [0.2, 0.25) is 0 Å². The number of pyridine rings is 1. The minimum atomic E-state index is 0.0201. The van der Waals surface area contributed by atoms with Gasteiger partial charge >= 0.3 is 0 Å². The molecule has 0 bridgehead atoms. The molecule has 0 aromatic carbocycles. The van der Waals surface area contributed by atoms with Crippen LogP contribution in [0, 0.1) is 0 Å². The first-order valence-corrected chi connectivity index (χ1v) is 6.19. The quantitative estimate of drug-likeness (QED) is 0.880. The maximum Gasteiger partial charge on any atom is 0.128 e. The van der Waals surface area contributed by atoms with Crippen molar-refractivity contribution in [2.24, 2.45) is 5.73 Å². The largest absolute Gasteiger partial charge is 0.467 e. The van der Waals surface area contributed by atoms with Gasteiger partial charge in [0.05, 0.1) is 12.8 Å². The maximum absolute atomic E-state index is 5.81. The number of nitrogens with zero attached hydrogens (tertiary/aromatic N) is 2. The molecule has 2 heterocycles. The van der Waals surface area contributed by atoms with Crippen molar-refractivity contribution in [1.29, 1.82) is 0 Å². The summed E-state index contributed by atoms with van der Waals surface area (Å²) in [4.78, 5) is 6.61. The standard InChI is InChI=1S/C14H19N3O/c1-3-17(10-13-5-4-8-18-13)14-7-6-12(9-16-14)11(2)15/h4-9,11H,3,10,15H2,1-2H3/t11-/m0/s1. The Kier molecular flexibility index (Phi) is 3.99. The van der Waals surface area contributed by atoms with Crippen LogP contribution in [0.15, 0.2) is 41.1 Å². The maximum atomic E-state index is 5.81. The predicted molar refractivity (Wildman–Crippen MR) is 72.3 cm³/mol. The Labute approximate surface area is 107 Å². The van der Waals surface area contributed by atoms with Gasteiger partial charge in [0.1, 0.15) is 11.6 Å². The van der Waals surface area contributed by atoms with Crippen LogP contribution in [-0.2, 0) is 6.54 Å². The van der Waals surface area contributed by atoms with E-state index in [1.54, 1.807) is 6.26 Å². The number of furan rings is 1. The molecule has 0 saturated carbocycles. The Morgan fingerprint density at radius 2 is 2.22 bits per heavy atom. The fourth-order valence-corrected chi connectivity index (χ4v) is 1.80. The summed E-state index contributed by atoms with van der Waals surface area (Å²) < 4.78 is 5.36. The van der Waals surface area contributed by atoms with Crippen molar-refractivity contribution in [3.8, 4) is 0 Å². The summed E-state index contributed by atoms with van der Waals surface area (Å²) in [5, 5.41) is 0. The van der Waals surface area contributed by atoms with E-state index in [-0.39, 0.29) is 6.04 Å². The van der Waals surface area contributed by atoms with Crippen molar-refractivity contribution >= 4 is 5.82 Å². The van der Waals surface area contributed by atoms with Gasteiger partial charge in [0.25, 0.3) is 0 Å². The predicted octanol–water partition coefficient (Wildman–Crippen LogP) is 2.72. The molecule has 0 unspecified atom stereocenters. The van der Waals surface area contributed by atoms with Gasteiger partial charge in [0, 0.05) is 18.8 Å². The summed E-state index contributed by atoms with van der Waals surface area (Å²) in [5.74, 6) is 1.88. The van der Waals surface area contributed by atoms with Crippen molar-refractivity contribution in [3.05, 3.63) is 48.0 Å². The van der Waals surface area contributed by atoms with Crippen molar-refractivity contribution in [1.82, 2.24) is 4.98 Å². The lowest BCUT2D eigenvalue weighted by molar-refractivity contribution is 0.503. The van der Waals surface area contributed by atoms with Crippen LogP contribution in [-0.4, -0.2) is 11.5 Å². The molecule has 96 valence electrons. The van der Waals surface area contributed by atoms with E-state index in [1.807, 2.05) is 37.4 Å². The smallest absolute Gasteiger partial charge is 0.128 e. The van der Waals surface area contributed by atoms with E-state index in [4.69, 9.17) is 10.2 Å². The summed E-state index contributed by atoms with van der Waals surface area (Å²) >= 11 is 0. The van der Waals surface area contributed by atoms with E-state index in [0.29, 0.717) is 0 Å². The molecular formula is C14H19N3O. The van der Waals surface area contributed by atoms with Crippen molar-refractivity contribution < 1.29 is 4.42 Å². The SMILES string of the molecule is CCN(Cc1ccco1)c1ccc([C@H](C)N)cn1. The second-order valence-electron chi connectivity index (χ2n) is 4.33. The van der Waals surface area contributed by atoms with Crippen molar-refractivity contribution in [2.45, 2.75) is 26.4 Å². The number of aromatic nitrogens is 1. The van der Waals surface area contributed by atoms with Gasteiger partial charge in [-0.05, 0) is 37.6 Å². The molecule has 4 heteroatoms. The van der Waals surface area contributed by atoms with Gasteiger partial charge in [-0.15, -0.1) is 0 Å². The molecule has 0 amide bonds. The Bertz CT molecular complexity index is 462. The first-order valence-electron chi connectivity index (χ1n) is 6.19. The molecule has 0 aliphatic heterocycles. The highest BCUT2D eigenvalue weighted by molar-refractivity contribution is 5.39. The molecular weight excluding hydrogens is 226 g/mol. The molecule has 2 rings (SSSR count). The fraction of sp³-hybridized carbons (Fsp3) is 0.357. The first kappa shape index (κ1) is 12.6. The molecule has 0 aliphatic rings. The Morgan fingerprint density at radius 1 is 1.39 bits per heavy atom. The van der Waals surface area contributed by atoms with Crippen LogP contribution >= 0.6 is 0 Å². The zero-order valence-corrected chi connectivity index (χ0v) is 10.8. The summed E-state index contributed by atoms with van der Waals surface area (Å²) in [6.07, 6.45) is 3.53. The lowest BCUT2D eigenvalue weighted by atomic mass is 10.1. The van der Waals surface area contributed by atoms with Gasteiger partial charge in [-0.2, -0.15) is 0 Å². The van der Waals surface area contributed by atoms with Crippen LogP contribution in [0.4, 0.5) is 5.82 Å². The highest BCUT2D eigenvalue weighted by atomic mass is 16.3. The minimum Gasteiger partial charge on any atom is -0.467 e. The number of rotatable bonds is 5. The molecule has 0 aliphatic carbocycles. The molecule has 18 heavy (non-hydrogen) atoms. The number of hydrogen-bond acceptors (Lipinski definition) is 4. The van der Waals surface area contributed by atoms with Crippen molar-refractivity contribution in [3.63, 3.8) is 0 Å². The topological polar surface area (TPSA) is 55.3 Å². The summed E-state index contributed by atoms with van der Waals surface area (Å²) in [6.45, 7) is 5.67. The molecule has 0 saturated heterocycles. The van der Waals surface area contributed by atoms with Crippen LogP contribution < -0.4 is 10.6 Å². The van der Waals surface area contributed by atoms with Gasteiger partial charge in [0.2, 0.25) is 0 Å². The molecule has 0 radical (unpaired) electrons. The normalized spacial score (nSPS) is 12.4. The van der Waals surface area contributed by atoms with Crippen LogP contribution in [0.25, 0.3) is 0 Å². The number of nitrogens with two attached hydrogens (primary N) is 1. The molecule has 0 fully saturated rings. The summed E-state index contributed by atoms with van der Waals surface area (Å²) in [6, 6.07) is 7.92. The summed E-state index contributed by atoms with van der Waals surface area (Å²) in [5.41, 5.74) is 6.86. The van der Waals surface area contributed by atoms with E-state index in [0.717, 1.165) is 30.2 Å². The first-order chi connectivity index (χ1) is 8.70. The van der Waals surface area contributed by atoms with E-state index in [1.165, 1.54) is 0 Å². The molecule has 2 N–H and O–H groups in total. The van der Waals surface area contributed by atoms with Crippen LogP contribution in [0.5, 0.6) is 0 Å². The fourth-order valence-electron chi connectivity index (χ4n) is 1.80. The van der Waals surface area contributed by atoms with Crippen molar-refractivity contribution in [2.75, 3.05) is 11.4 Å². The lowest BCUT2D eigenvalue weighted by Crippen LogP contribution is -2.22. The number of anilines is 1. The Hall–Kier alpha value is -1.81. The number of hydrogen-bond donors (Lipinski definition) is 1. The molecule has 2 aromatic rings. The second-order valence-corrected chi connectivity index (χ2v) is 4.33. The van der Waals surface area contributed by atoms with E-state index in [9.17, 15) is 0 Å². The molecule has 4 nitrogen and oxygen atoms in total. The zero-order valence-electron chi connectivity index (χ0n) is 10.8. The minimum absolute atomic E-state index is 0.0201. The van der Waals surface area contributed by atoms with Crippen LogP contribution in [0.3, 0.4) is 0 Å². The second kappa shape index (κ2) is 5.69. The highest BCUT2D eigenvalue weighted by Crippen LogP contribution is 2.17. The third-order valence-electron chi connectivity index (χ3n) is 2.93. The van der Waals surface area contributed by atoms with Gasteiger partial charge in [-0.25, -0.2) is 4.98 Å². The van der Waals surface area contributed by atoms with E-state index >= 15 is 0 Å². The average molecular weight is 245 g/mol. The van der Waals surface area contributed by atoms with Gasteiger partial charge in [-0.3, -0.25) is 0 Å². The summed E-state index contributed by atoms with van der Waals surface area (Å²) in [7, 11) is 0. The molecule has 1 atom stereocenters. The van der Waals surface area contributed by atoms with Crippen LogP contribution in [0.1, 0.15) is 31.2 Å². The van der Waals surface area contributed by atoms with Gasteiger partial charge in [0.15, 0.2) is 0 Å². The zero-order chi connectivity index (χ0) is 13.0.